The Morgan fingerprint density at radius 1 is 0.324 bits per heavy atom. The number of hydrogen-bond acceptors (Lipinski definition) is 0. The van der Waals surface area contributed by atoms with Crippen LogP contribution in [0, 0.1) is 0 Å². The summed E-state index contributed by atoms with van der Waals surface area (Å²) in [6, 6.07) is 0. The largest absolute Gasteiger partial charge is 0.387 e. The molecule has 0 bridgehead atoms. The Bertz CT molecular complexity index is 742. The van der Waals surface area contributed by atoms with E-state index >= 15 is 0 Å². The van der Waals surface area contributed by atoms with Crippen molar-refractivity contribution in [1.29, 1.82) is 0 Å². The zero-order valence-corrected chi connectivity index (χ0v) is 16.4. The molecular weight excluding hydrogens is 677 g/mol. The fraction of sp³-hybridized carbons (Fsp3) is 1.00. The van der Waals surface area contributed by atoms with E-state index in [2.05, 4.69) is 0 Å². The monoisotopic (exact) mass is 678 g/mol. The Morgan fingerprint density at radius 3 is 0.676 bits per heavy atom. The second-order valence-electron chi connectivity index (χ2n) is 6.02. The van der Waals surface area contributed by atoms with Crippen molar-refractivity contribution in [2.45, 2.75) is 63.7 Å². The molecule has 0 aromatic carbocycles. The lowest BCUT2D eigenvalue weighted by molar-refractivity contribution is -0.468. The van der Waals surface area contributed by atoms with Gasteiger partial charge in [0.2, 0.25) is 0 Å². The fourth-order valence-electron chi connectivity index (χ4n) is 1.71. The van der Waals surface area contributed by atoms with Gasteiger partial charge in [-0.3, -0.25) is 0 Å². The molecule has 0 nitrogen and oxygen atoms in total. The molecule has 0 fully saturated rings. The maximum atomic E-state index is 13.3. The molecule has 0 aromatic rings. The van der Waals surface area contributed by atoms with E-state index < -0.39 is 86.2 Å². The van der Waals surface area contributed by atoms with E-state index in [-0.39, 0.29) is 0 Å². The highest BCUT2D eigenvalue weighted by Gasteiger charge is 2.97. The van der Waals surface area contributed by atoms with Gasteiger partial charge >= 0.3 is 63.7 Å². The molecule has 0 aliphatic carbocycles. The molecule has 0 rings (SSSR count). The van der Waals surface area contributed by atoms with Gasteiger partial charge in [0.15, 0.2) is 0 Å². The Morgan fingerprint density at radius 2 is 0.500 bits per heavy atom. The molecular formula is C11HF22I. The average Bonchev–Trinajstić information content (AvgIpc) is 2.58. The molecule has 0 aliphatic rings. The van der Waals surface area contributed by atoms with Crippen LogP contribution in [0.2, 0.25) is 0 Å². The maximum absolute atomic E-state index is 13.3. The smallest absolute Gasteiger partial charge is 0.203 e. The van der Waals surface area contributed by atoms with Gasteiger partial charge < -0.3 is 0 Å². The minimum absolute atomic E-state index is 1.16. The van der Waals surface area contributed by atoms with Gasteiger partial charge in [-0.1, -0.05) is 0 Å². The SMILES string of the molecule is FC(F)C(F)(F)C(F)(F)C(F)(F)C(F)(F)C(F)(F)C(F)(F)C(F)(F)C(F)(F)C(F)(F)C(F)(F)I. The molecule has 0 radical (unpaired) electrons. The van der Waals surface area contributed by atoms with E-state index in [9.17, 15) is 96.6 Å². The van der Waals surface area contributed by atoms with Gasteiger partial charge in [0, 0.05) is 22.6 Å². The third-order valence-corrected chi connectivity index (χ3v) is 4.49. The van der Waals surface area contributed by atoms with Gasteiger partial charge in [0.1, 0.15) is 0 Å². The van der Waals surface area contributed by atoms with Gasteiger partial charge in [-0.05, 0) is 0 Å². The van der Waals surface area contributed by atoms with Crippen LogP contribution < -0.4 is 0 Å². The molecule has 23 heteroatoms. The van der Waals surface area contributed by atoms with Gasteiger partial charge in [0.05, 0.1) is 0 Å². The molecule has 0 amide bonds. The summed E-state index contributed by atoms with van der Waals surface area (Å²) in [5.41, 5.74) is 0. The van der Waals surface area contributed by atoms with Crippen LogP contribution in [-0.4, -0.2) is 63.7 Å². The van der Waals surface area contributed by atoms with Gasteiger partial charge in [-0.25, -0.2) is 8.78 Å². The quantitative estimate of drug-likeness (QED) is 0.125. The first-order valence-corrected chi connectivity index (χ1v) is 8.02. The van der Waals surface area contributed by atoms with Gasteiger partial charge in [0.25, 0.3) is 0 Å². The predicted octanol–water partition coefficient (Wildman–Crippen LogP) is 8.00. The minimum Gasteiger partial charge on any atom is -0.203 e. The molecule has 34 heavy (non-hydrogen) atoms. The van der Waals surface area contributed by atoms with Crippen molar-refractivity contribution in [2.75, 3.05) is 0 Å². The molecule has 0 saturated heterocycles. The summed E-state index contributed by atoms with van der Waals surface area (Å²) in [6.07, 6.45) is -6.16. The van der Waals surface area contributed by atoms with E-state index in [0.717, 1.165) is 0 Å². The Balaban J connectivity index is 7.08. The summed E-state index contributed by atoms with van der Waals surface area (Å²) in [5.74, 6) is -78.2. The molecule has 0 saturated carbocycles. The summed E-state index contributed by atoms with van der Waals surface area (Å²) in [6.45, 7) is 0. The highest BCUT2D eigenvalue weighted by molar-refractivity contribution is 14.1. The third kappa shape index (κ3) is 3.83. The number of rotatable bonds is 10. The van der Waals surface area contributed by atoms with Crippen molar-refractivity contribution < 1.29 is 96.6 Å². The van der Waals surface area contributed by atoms with Crippen LogP contribution in [0.4, 0.5) is 96.6 Å². The summed E-state index contributed by atoms with van der Waals surface area (Å²) in [4.78, 5) is 0. The zero-order valence-electron chi connectivity index (χ0n) is 14.3. The van der Waals surface area contributed by atoms with Crippen LogP contribution >= 0.6 is 22.6 Å². The molecule has 0 spiro atoms. The lowest BCUT2D eigenvalue weighted by Gasteiger charge is -2.44. The number of halogens is 23. The van der Waals surface area contributed by atoms with Crippen LogP contribution in [0.1, 0.15) is 0 Å². The van der Waals surface area contributed by atoms with Crippen molar-refractivity contribution in [2.24, 2.45) is 0 Å². The maximum Gasteiger partial charge on any atom is 0.387 e. The normalized spacial score (nSPS) is 16.9. The second kappa shape index (κ2) is 8.10. The molecule has 0 N–H and O–H groups in total. The third-order valence-electron chi connectivity index (χ3n) is 3.81. The topological polar surface area (TPSA) is 0 Å². The van der Waals surface area contributed by atoms with Crippen molar-refractivity contribution in [1.82, 2.24) is 0 Å². The zero-order chi connectivity index (χ0) is 28.6. The minimum atomic E-state index is -9.21. The average molecular weight is 678 g/mol. The van der Waals surface area contributed by atoms with Crippen LogP contribution in [0.15, 0.2) is 0 Å². The lowest BCUT2D eigenvalue weighted by atomic mass is 9.86. The predicted molar refractivity (Wildman–Crippen MR) is 69.5 cm³/mol. The summed E-state index contributed by atoms with van der Waals surface area (Å²) >= 11 is -1.16. The highest BCUT2D eigenvalue weighted by atomic mass is 127. The Hall–Kier alpha value is -0.810. The highest BCUT2D eigenvalue weighted by Crippen LogP contribution is 2.66. The second-order valence-corrected chi connectivity index (χ2v) is 7.37. The molecule has 0 heterocycles. The molecule has 206 valence electrons. The van der Waals surface area contributed by atoms with Crippen molar-refractivity contribution in [3.8, 4) is 0 Å². The van der Waals surface area contributed by atoms with Crippen LogP contribution in [0.5, 0.6) is 0 Å². The first-order chi connectivity index (χ1) is 14.2. The fourth-order valence-corrected chi connectivity index (χ4v) is 2.05. The van der Waals surface area contributed by atoms with Crippen molar-refractivity contribution in [3.63, 3.8) is 0 Å². The van der Waals surface area contributed by atoms with E-state index in [0.29, 0.717) is 0 Å². The summed E-state index contributed by atoms with van der Waals surface area (Å²) in [5, 5.41) is 0. The Labute approximate surface area is 183 Å². The molecule has 0 atom stereocenters. The van der Waals surface area contributed by atoms with E-state index in [4.69, 9.17) is 0 Å². The van der Waals surface area contributed by atoms with Crippen LogP contribution in [-0.2, 0) is 0 Å². The Kier molecular flexibility index (Phi) is 7.90. The van der Waals surface area contributed by atoms with E-state index in [1.54, 1.807) is 0 Å². The van der Waals surface area contributed by atoms with Crippen LogP contribution in [0.3, 0.4) is 0 Å². The van der Waals surface area contributed by atoms with Crippen molar-refractivity contribution in [3.05, 3.63) is 0 Å². The van der Waals surface area contributed by atoms with Gasteiger partial charge in [-0.2, -0.15) is 87.8 Å². The van der Waals surface area contributed by atoms with E-state index in [1.807, 2.05) is 0 Å². The molecule has 0 aromatic heterocycles. The first kappa shape index (κ1) is 33.2. The summed E-state index contributed by atoms with van der Waals surface area (Å²) in [7, 11) is 0. The van der Waals surface area contributed by atoms with Crippen molar-refractivity contribution >= 4 is 22.6 Å². The molecule has 0 aliphatic heterocycles. The van der Waals surface area contributed by atoms with Gasteiger partial charge in [-0.15, -0.1) is 0 Å². The van der Waals surface area contributed by atoms with Crippen LogP contribution in [0.25, 0.3) is 0 Å². The number of alkyl halides is 23. The first-order valence-electron chi connectivity index (χ1n) is 6.94. The number of hydrogen-bond donors (Lipinski definition) is 0. The standard InChI is InChI=1S/C11HF22I/c12-1(13)2(14,15)3(16,17)4(18,19)5(20,21)6(22,23)7(24,25)8(26,27)9(28,29)10(30,31)11(32,33)34/h1H. The van der Waals surface area contributed by atoms with E-state index in [1.165, 1.54) is 0 Å². The molecule has 0 unspecified atom stereocenters. The lowest BCUT2D eigenvalue weighted by Crippen LogP contribution is -2.77. The summed E-state index contributed by atoms with van der Waals surface area (Å²) < 4.78 is 277.